The smallest absolute Gasteiger partial charge is 0.244 e. The molecule has 0 amide bonds. The molecule has 1 atom stereocenters. The Morgan fingerprint density at radius 3 is 2.78 bits per heavy atom. The standard InChI is InChI=1S/C13H14BrN3O/c14-10-6-4-9(5-7-10)12-16-13(18-17-12)11-3-1-2-8-15-11/h4-7,11,15H,1-3,8H2. The van der Waals surface area contributed by atoms with E-state index in [4.69, 9.17) is 4.52 Å². The summed E-state index contributed by atoms with van der Waals surface area (Å²) in [6.45, 7) is 1.03. The number of nitrogens with one attached hydrogen (secondary N) is 1. The number of rotatable bonds is 2. The summed E-state index contributed by atoms with van der Waals surface area (Å²) in [6.07, 6.45) is 3.51. The SMILES string of the molecule is Brc1ccc(-c2noc(C3CCCCN3)n2)cc1. The highest BCUT2D eigenvalue weighted by Gasteiger charge is 2.21. The molecule has 0 spiro atoms. The van der Waals surface area contributed by atoms with Gasteiger partial charge in [0.05, 0.1) is 6.04 Å². The van der Waals surface area contributed by atoms with Crippen molar-refractivity contribution in [1.29, 1.82) is 0 Å². The predicted octanol–water partition coefficient (Wildman–Crippen LogP) is 3.31. The van der Waals surface area contributed by atoms with Crippen molar-refractivity contribution >= 4 is 15.9 Å². The molecule has 5 heteroatoms. The van der Waals surface area contributed by atoms with Crippen LogP contribution in [0.15, 0.2) is 33.3 Å². The fourth-order valence-electron chi connectivity index (χ4n) is 2.16. The Hall–Kier alpha value is -1.20. The Morgan fingerprint density at radius 1 is 1.22 bits per heavy atom. The van der Waals surface area contributed by atoms with Crippen LogP contribution in [0.25, 0.3) is 11.4 Å². The quantitative estimate of drug-likeness (QED) is 0.924. The van der Waals surface area contributed by atoms with E-state index in [1.807, 2.05) is 24.3 Å². The third kappa shape index (κ3) is 2.47. The molecule has 2 heterocycles. The van der Waals surface area contributed by atoms with Crippen LogP contribution in [0.1, 0.15) is 31.2 Å². The Balaban J connectivity index is 1.82. The third-order valence-corrected chi connectivity index (χ3v) is 3.68. The first kappa shape index (κ1) is 11.9. The molecule has 0 saturated carbocycles. The molecule has 1 aromatic heterocycles. The van der Waals surface area contributed by atoms with Crippen molar-refractivity contribution in [3.05, 3.63) is 34.6 Å². The molecule has 1 aromatic carbocycles. The Morgan fingerprint density at radius 2 is 2.06 bits per heavy atom. The largest absolute Gasteiger partial charge is 0.337 e. The monoisotopic (exact) mass is 307 g/mol. The number of halogens is 1. The van der Waals surface area contributed by atoms with Gasteiger partial charge in [-0.1, -0.05) is 27.5 Å². The van der Waals surface area contributed by atoms with Gasteiger partial charge in [-0.3, -0.25) is 0 Å². The molecule has 1 unspecified atom stereocenters. The Kier molecular flexibility index (Phi) is 3.43. The van der Waals surface area contributed by atoms with Crippen LogP contribution < -0.4 is 5.32 Å². The highest BCUT2D eigenvalue weighted by molar-refractivity contribution is 9.10. The van der Waals surface area contributed by atoms with Crippen LogP contribution in [0.4, 0.5) is 0 Å². The van der Waals surface area contributed by atoms with Gasteiger partial charge in [0.2, 0.25) is 11.7 Å². The van der Waals surface area contributed by atoms with E-state index in [1.54, 1.807) is 0 Å². The molecular weight excluding hydrogens is 294 g/mol. The summed E-state index contributed by atoms with van der Waals surface area (Å²) >= 11 is 3.41. The fourth-order valence-corrected chi connectivity index (χ4v) is 2.42. The fraction of sp³-hybridized carbons (Fsp3) is 0.385. The maximum absolute atomic E-state index is 5.35. The van der Waals surface area contributed by atoms with E-state index in [-0.39, 0.29) is 6.04 Å². The first-order chi connectivity index (χ1) is 8.83. The highest BCUT2D eigenvalue weighted by Crippen LogP contribution is 2.24. The van der Waals surface area contributed by atoms with Crippen molar-refractivity contribution in [2.24, 2.45) is 0 Å². The number of benzene rings is 1. The van der Waals surface area contributed by atoms with Gasteiger partial charge in [-0.2, -0.15) is 4.98 Å². The molecule has 0 aliphatic carbocycles. The van der Waals surface area contributed by atoms with Crippen LogP contribution in [0, 0.1) is 0 Å². The maximum Gasteiger partial charge on any atom is 0.244 e. The minimum Gasteiger partial charge on any atom is -0.337 e. The average Bonchev–Trinajstić information content (AvgIpc) is 2.90. The summed E-state index contributed by atoms with van der Waals surface area (Å²) < 4.78 is 6.40. The summed E-state index contributed by atoms with van der Waals surface area (Å²) in [5.74, 6) is 1.36. The van der Waals surface area contributed by atoms with Gasteiger partial charge in [-0.15, -0.1) is 0 Å². The van der Waals surface area contributed by atoms with E-state index >= 15 is 0 Å². The zero-order valence-electron chi connectivity index (χ0n) is 9.90. The second kappa shape index (κ2) is 5.20. The van der Waals surface area contributed by atoms with Gasteiger partial charge in [0.15, 0.2) is 0 Å². The molecule has 4 nitrogen and oxygen atoms in total. The molecular formula is C13H14BrN3O. The van der Waals surface area contributed by atoms with Crippen LogP contribution in [-0.4, -0.2) is 16.7 Å². The van der Waals surface area contributed by atoms with Crippen molar-refractivity contribution in [2.45, 2.75) is 25.3 Å². The number of hydrogen-bond acceptors (Lipinski definition) is 4. The van der Waals surface area contributed by atoms with Crippen molar-refractivity contribution < 1.29 is 4.52 Å². The van der Waals surface area contributed by atoms with Gasteiger partial charge < -0.3 is 9.84 Å². The molecule has 1 aliphatic rings. The first-order valence-corrected chi connectivity index (χ1v) is 6.95. The lowest BCUT2D eigenvalue weighted by molar-refractivity contribution is 0.297. The molecule has 1 aliphatic heterocycles. The van der Waals surface area contributed by atoms with Gasteiger partial charge in [-0.05, 0) is 43.7 Å². The van der Waals surface area contributed by atoms with Crippen molar-refractivity contribution in [2.75, 3.05) is 6.54 Å². The lowest BCUT2D eigenvalue weighted by atomic mass is 10.1. The maximum atomic E-state index is 5.35. The van der Waals surface area contributed by atoms with Crippen molar-refractivity contribution in [3.63, 3.8) is 0 Å². The Labute approximate surface area is 114 Å². The van der Waals surface area contributed by atoms with Gasteiger partial charge >= 0.3 is 0 Å². The van der Waals surface area contributed by atoms with Crippen LogP contribution >= 0.6 is 15.9 Å². The number of hydrogen-bond donors (Lipinski definition) is 1. The lowest BCUT2D eigenvalue weighted by Gasteiger charge is -2.19. The molecule has 3 rings (SSSR count). The van der Waals surface area contributed by atoms with Gasteiger partial charge in [0, 0.05) is 10.0 Å². The molecule has 1 N–H and O–H groups in total. The van der Waals surface area contributed by atoms with E-state index in [1.165, 1.54) is 12.8 Å². The van der Waals surface area contributed by atoms with Gasteiger partial charge in [0.25, 0.3) is 0 Å². The van der Waals surface area contributed by atoms with Crippen molar-refractivity contribution in [1.82, 2.24) is 15.5 Å². The zero-order chi connectivity index (χ0) is 12.4. The van der Waals surface area contributed by atoms with Gasteiger partial charge in [0.1, 0.15) is 0 Å². The topological polar surface area (TPSA) is 51.0 Å². The molecule has 1 fully saturated rings. The summed E-state index contributed by atoms with van der Waals surface area (Å²) in [6, 6.07) is 8.13. The van der Waals surface area contributed by atoms with Crippen LogP contribution in [0.2, 0.25) is 0 Å². The molecule has 1 saturated heterocycles. The van der Waals surface area contributed by atoms with E-state index in [0.29, 0.717) is 11.7 Å². The van der Waals surface area contributed by atoms with E-state index in [0.717, 1.165) is 23.0 Å². The highest BCUT2D eigenvalue weighted by atomic mass is 79.9. The predicted molar refractivity (Wildman–Crippen MR) is 72.0 cm³/mol. The summed E-state index contributed by atoms with van der Waals surface area (Å²) in [4.78, 5) is 4.48. The molecule has 18 heavy (non-hydrogen) atoms. The summed E-state index contributed by atoms with van der Waals surface area (Å²) in [5, 5.41) is 7.46. The normalized spacial score (nSPS) is 19.9. The van der Waals surface area contributed by atoms with Crippen LogP contribution in [-0.2, 0) is 0 Å². The van der Waals surface area contributed by atoms with Crippen molar-refractivity contribution in [3.8, 4) is 11.4 Å². The minimum absolute atomic E-state index is 0.218. The molecule has 2 aromatic rings. The second-order valence-electron chi connectivity index (χ2n) is 4.47. The average molecular weight is 308 g/mol. The summed E-state index contributed by atoms with van der Waals surface area (Å²) in [5.41, 5.74) is 0.976. The molecule has 0 radical (unpaired) electrons. The summed E-state index contributed by atoms with van der Waals surface area (Å²) in [7, 11) is 0. The van der Waals surface area contributed by atoms with E-state index < -0.39 is 0 Å². The van der Waals surface area contributed by atoms with Crippen LogP contribution in [0.3, 0.4) is 0 Å². The van der Waals surface area contributed by atoms with E-state index in [9.17, 15) is 0 Å². The van der Waals surface area contributed by atoms with Crippen LogP contribution in [0.5, 0.6) is 0 Å². The minimum atomic E-state index is 0.218. The second-order valence-corrected chi connectivity index (χ2v) is 5.38. The number of aromatic nitrogens is 2. The molecule has 0 bridgehead atoms. The lowest BCUT2D eigenvalue weighted by Crippen LogP contribution is -2.26. The first-order valence-electron chi connectivity index (χ1n) is 6.16. The number of piperidine rings is 1. The third-order valence-electron chi connectivity index (χ3n) is 3.15. The zero-order valence-corrected chi connectivity index (χ0v) is 11.5. The van der Waals surface area contributed by atoms with E-state index in [2.05, 4.69) is 31.4 Å². The Bertz CT molecular complexity index is 517. The number of nitrogens with zero attached hydrogens (tertiary/aromatic N) is 2. The van der Waals surface area contributed by atoms with Gasteiger partial charge in [-0.25, -0.2) is 0 Å². The molecule has 94 valence electrons.